The highest BCUT2D eigenvalue weighted by Crippen LogP contribution is 2.38. The number of sulfone groups is 2. The molecule has 0 saturated heterocycles. The molecule has 2 aromatic carbocycles. The van der Waals surface area contributed by atoms with E-state index in [4.69, 9.17) is 0 Å². The van der Waals surface area contributed by atoms with Gasteiger partial charge in [0.1, 0.15) is 4.91 Å². The molecule has 0 unspecified atom stereocenters. The van der Waals surface area contributed by atoms with E-state index >= 15 is 0 Å². The van der Waals surface area contributed by atoms with Crippen molar-refractivity contribution >= 4 is 36.8 Å². The van der Waals surface area contributed by atoms with Crippen molar-refractivity contribution in [2.24, 2.45) is 0 Å². The molecule has 37 heavy (non-hydrogen) atoms. The molecule has 2 aliphatic rings. The Labute approximate surface area is 214 Å². The first-order chi connectivity index (χ1) is 17.5. The van der Waals surface area contributed by atoms with Crippen molar-refractivity contribution in [3.05, 3.63) is 123 Å². The molecule has 0 N–H and O–H groups in total. The summed E-state index contributed by atoms with van der Waals surface area (Å²) in [4.78, 5) is 16.0. The predicted molar refractivity (Wildman–Crippen MR) is 137 cm³/mol. The Bertz CT molecular complexity index is 1830. The molecule has 0 atom stereocenters. The van der Waals surface area contributed by atoms with Crippen molar-refractivity contribution in [2.75, 3.05) is 0 Å². The van der Waals surface area contributed by atoms with Crippen molar-refractivity contribution in [3.8, 4) is 0 Å². The van der Waals surface area contributed by atoms with Crippen LogP contribution >= 0.6 is 0 Å². The maximum atomic E-state index is 13.1. The number of Topliss-reactive ketones (excluding diaryl/α,β-unsaturated/α-hetero) is 1. The smallest absolute Gasteiger partial charge is 0.211 e. The van der Waals surface area contributed by atoms with Crippen LogP contribution in [0.2, 0.25) is 0 Å². The summed E-state index contributed by atoms with van der Waals surface area (Å²) in [6.07, 6.45) is 8.28. The van der Waals surface area contributed by atoms with Gasteiger partial charge in [0.2, 0.25) is 25.5 Å². The van der Waals surface area contributed by atoms with E-state index in [-0.39, 0.29) is 30.7 Å². The average molecular weight is 531 g/mol. The van der Waals surface area contributed by atoms with E-state index in [1.165, 1.54) is 61.0 Å². The van der Waals surface area contributed by atoms with Crippen LogP contribution in [0.4, 0.5) is 0 Å². The zero-order valence-electron chi connectivity index (χ0n) is 19.8. The number of benzene rings is 2. The Hall–Kier alpha value is -4.08. The zero-order chi connectivity index (χ0) is 26.5. The van der Waals surface area contributed by atoms with Gasteiger partial charge in [-0.3, -0.25) is 9.78 Å². The second-order valence-electron chi connectivity index (χ2n) is 8.75. The molecule has 0 spiro atoms. The molecule has 3 aromatic rings. The molecule has 5 rings (SSSR count). The van der Waals surface area contributed by atoms with Gasteiger partial charge in [0, 0.05) is 18.0 Å². The number of hydrogen-bond donors (Lipinski definition) is 0. The second-order valence-corrected chi connectivity index (χ2v) is 12.5. The van der Waals surface area contributed by atoms with E-state index in [1.54, 1.807) is 38.1 Å². The molecule has 3 heterocycles. The van der Waals surface area contributed by atoms with Gasteiger partial charge in [-0.15, -0.1) is 0 Å². The average Bonchev–Trinajstić information content (AvgIpc) is 3.17. The van der Waals surface area contributed by atoms with E-state index in [0.29, 0.717) is 22.3 Å². The summed E-state index contributed by atoms with van der Waals surface area (Å²) in [5.74, 6) is -1.23. The number of aryl methyl sites for hydroxylation is 2. The molecular weight excluding hydrogens is 510 g/mol. The quantitative estimate of drug-likeness (QED) is 0.372. The van der Waals surface area contributed by atoms with Crippen molar-refractivity contribution < 1.29 is 26.7 Å². The number of carbonyl (C=O) groups excluding carboxylic acids is 1. The van der Waals surface area contributed by atoms with Gasteiger partial charge < -0.3 is 5.11 Å². The molecule has 0 radical (unpaired) electrons. The maximum absolute atomic E-state index is 13.1. The third kappa shape index (κ3) is 4.06. The summed E-state index contributed by atoms with van der Waals surface area (Å²) < 4.78 is 52.3. The Morgan fingerprint density at radius 1 is 0.838 bits per heavy atom. The van der Waals surface area contributed by atoms with Crippen LogP contribution in [0.15, 0.2) is 105 Å². The zero-order valence-corrected chi connectivity index (χ0v) is 21.4. The number of rotatable bonds is 4. The number of nitrogens with zero attached hydrogens (tertiary/aromatic N) is 1. The summed E-state index contributed by atoms with van der Waals surface area (Å²) in [5, 5.41) is 12.9. The second kappa shape index (κ2) is 8.79. The number of ketones is 1. The molecule has 0 bridgehead atoms. The lowest BCUT2D eigenvalue weighted by Crippen LogP contribution is -2.03. The molecule has 0 fully saturated rings. The first-order valence-electron chi connectivity index (χ1n) is 11.2. The fraction of sp³-hybridized carbons (Fsp3) is 0.0714. The number of hydrogen-bond acceptors (Lipinski definition) is 7. The first-order valence-corrected chi connectivity index (χ1v) is 14.2. The number of aromatic nitrogens is 1. The summed E-state index contributed by atoms with van der Waals surface area (Å²) >= 11 is 0. The Morgan fingerprint density at radius 2 is 1.43 bits per heavy atom. The Kier molecular flexibility index (Phi) is 5.85. The fourth-order valence-corrected chi connectivity index (χ4v) is 7.54. The highest BCUT2D eigenvalue weighted by molar-refractivity contribution is 7.97. The minimum atomic E-state index is -4.02. The van der Waals surface area contributed by atoms with Crippen LogP contribution in [-0.4, -0.2) is 27.6 Å². The van der Waals surface area contributed by atoms with Gasteiger partial charge in [-0.25, -0.2) is 16.8 Å². The van der Waals surface area contributed by atoms with Crippen molar-refractivity contribution in [1.82, 2.24) is 4.98 Å². The molecule has 2 aliphatic heterocycles. The van der Waals surface area contributed by atoms with Gasteiger partial charge in [0.25, 0.3) is 0 Å². The van der Waals surface area contributed by atoms with Crippen LogP contribution in [0.5, 0.6) is 0 Å². The normalized spacial score (nSPS) is 19.0. The van der Waals surface area contributed by atoms with E-state index in [1.807, 2.05) is 0 Å². The Balaban J connectivity index is 1.60. The lowest BCUT2D eigenvalue weighted by Gasteiger charge is -2.08. The van der Waals surface area contributed by atoms with Crippen molar-refractivity contribution in [2.45, 2.75) is 23.6 Å². The molecule has 1 aromatic heterocycles. The molecule has 0 aliphatic carbocycles. The maximum Gasteiger partial charge on any atom is 0.211 e. The van der Waals surface area contributed by atoms with Gasteiger partial charge in [-0.2, -0.15) is 0 Å². The summed E-state index contributed by atoms with van der Waals surface area (Å²) in [6.45, 7) is 3.48. The number of pyridine rings is 1. The molecule has 7 nitrogen and oxygen atoms in total. The van der Waals surface area contributed by atoms with Crippen molar-refractivity contribution in [3.63, 3.8) is 0 Å². The third-order valence-electron chi connectivity index (χ3n) is 6.21. The summed E-state index contributed by atoms with van der Waals surface area (Å²) in [6, 6.07) is 12.5. The topological polar surface area (TPSA) is 121 Å². The largest absolute Gasteiger partial charge is 0.871 e. The molecular formula is C28H20NO6S2-. The Morgan fingerprint density at radius 3 is 2.08 bits per heavy atom. The van der Waals surface area contributed by atoms with Crippen LogP contribution in [0, 0.1) is 13.8 Å². The lowest BCUT2D eigenvalue weighted by atomic mass is 10.0. The van der Waals surface area contributed by atoms with Gasteiger partial charge in [-0.1, -0.05) is 36.1 Å². The van der Waals surface area contributed by atoms with Gasteiger partial charge in [0.05, 0.1) is 14.7 Å². The summed E-state index contributed by atoms with van der Waals surface area (Å²) in [5.41, 5.74) is 2.60. The fourth-order valence-electron chi connectivity index (χ4n) is 4.28. The van der Waals surface area contributed by atoms with Crippen LogP contribution in [0.1, 0.15) is 32.6 Å². The minimum Gasteiger partial charge on any atom is -0.871 e. The lowest BCUT2D eigenvalue weighted by molar-refractivity contribution is -0.244. The molecule has 9 heteroatoms. The third-order valence-corrected chi connectivity index (χ3v) is 9.85. The van der Waals surface area contributed by atoms with Crippen molar-refractivity contribution in [1.29, 1.82) is 0 Å². The highest BCUT2D eigenvalue weighted by atomic mass is 32.2. The number of fused-ring (bicyclic) bond motifs is 2. The van der Waals surface area contributed by atoms with E-state index in [9.17, 15) is 26.7 Å². The highest BCUT2D eigenvalue weighted by Gasteiger charge is 2.38. The SMILES string of the molecule is Cc1ccc2c(c1)S(=O)(=O)C(=CC=C(C=CC1=C([O-])c3ccc(C)cc3S1(=O)=O)c1ccncc1)C2=O. The summed E-state index contributed by atoms with van der Waals surface area (Å²) in [7, 11) is -8.04. The molecule has 0 saturated carbocycles. The van der Waals surface area contributed by atoms with Crippen LogP contribution in [-0.2, 0) is 19.7 Å². The van der Waals surface area contributed by atoms with Gasteiger partial charge >= 0.3 is 0 Å². The van der Waals surface area contributed by atoms with E-state index < -0.39 is 31.2 Å². The monoisotopic (exact) mass is 530 g/mol. The van der Waals surface area contributed by atoms with Crippen LogP contribution < -0.4 is 5.11 Å². The van der Waals surface area contributed by atoms with Gasteiger partial charge in [-0.05, 0) is 84.2 Å². The molecule has 186 valence electrons. The van der Waals surface area contributed by atoms with E-state index in [2.05, 4.69) is 4.98 Å². The number of allylic oxidation sites excluding steroid dienone is 6. The van der Waals surface area contributed by atoms with Gasteiger partial charge in [0.15, 0.2) is 0 Å². The first kappa shape index (κ1) is 24.6. The minimum absolute atomic E-state index is 0.0376. The van der Waals surface area contributed by atoms with E-state index in [0.717, 1.165) is 0 Å². The molecule has 0 amide bonds. The van der Waals surface area contributed by atoms with Crippen LogP contribution in [0.3, 0.4) is 0 Å². The van der Waals surface area contributed by atoms with Crippen LogP contribution in [0.25, 0.3) is 11.3 Å². The predicted octanol–water partition coefficient (Wildman–Crippen LogP) is 3.71. The standard InChI is InChI=1S/C28H21NO6S2/c1-17-3-7-21-25(15-17)36(32,33)23(27(21)30)9-5-19(20-11-13-29-14-12-20)6-10-24-28(31)22-8-4-18(2)16-26(22)37(24,34)35/h3-16,30H,1-2H3/p-1. The number of carbonyl (C=O) groups is 1.